The van der Waals surface area contributed by atoms with Gasteiger partial charge in [0.2, 0.25) is 10.0 Å². The lowest BCUT2D eigenvalue weighted by molar-refractivity contribution is 0.0948. The third-order valence-corrected chi connectivity index (χ3v) is 9.14. The molecule has 1 aliphatic carbocycles. The highest BCUT2D eigenvalue weighted by Gasteiger charge is 2.57. The highest BCUT2D eigenvalue weighted by molar-refractivity contribution is 7.89. The molecule has 2 aromatic rings. The third kappa shape index (κ3) is 4.70. The van der Waals surface area contributed by atoms with E-state index in [9.17, 15) is 22.4 Å². The summed E-state index contributed by atoms with van der Waals surface area (Å²) in [5, 5.41) is 2.88. The SMILES string of the molecule is CC(=O)c1ccc(S(=O)(=O)N2CC3C(CNC(=O)c4ccc(N5CCOCC5)c(F)c4)C3C2)cc1. The Labute approximate surface area is 204 Å². The molecule has 1 N–H and O–H groups in total. The minimum absolute atomic E-state index is 0.114. The van der Waals surface area contributed by atoms with Gasteiger partial charge in [0.15, 0.2) is 5.78 Å². The maximum atomic E-state index is 14.6. The fraction of sp³-hybridized carbons (Fsp3) is 0.440. The summed E-state index contributed by atoms with van der Waals surface area (Å²) in [5.74, 6) is -0.276. The molecule has 0 bridgehead atoms. The van der Waals surface area contributed by atoms with Crippen molar-refractivity contribution in [3.05, 3.63) is 59.4 Å². The van der Waals surface area contributed by atoms with Crippen molar-refractivity contribution in [2.45, 2.75) is 11.8 Å². The largest absolute Gasteiger partial charge is 0.378 e. The van der Waals surface area contributed by atoms with Gasteiger partial charge in [0.25, 0.3) is 5.91 Å². The van der Waals surface area contributed by atoms with E-state index in [2.05, 4.69) is 5.32 Å². The van der Waals surface area contributed by atoms with Gasteiger partial charge in [-0.05, 0) is 55.0 Å². The summed E-state index contributed by atoms with van der Waals surface area (Å²) in [7, 11) is -3.62. The van der Waals surface area contributed by atoms with Crippen LogP contribution in [0.2, 0.25) is 0 Å². The van der Waals surface area contributed by atoms with Crippen LogP contribution < -0.4 is 10.2 Å². The lowest BCUT2D eigenvalue weighted by Gasteiger charge is -2.29. The quantitative estimate of drug-likeness (QED) is 0.585. The van der Waals surface area contributed by atoms with Crippen LogP contribution in [-0.2, 0) is 14.8 Å². The van der Waals surface area contributed by atoms with Gasteiger partial charge >= 0.3 is 0 Å². The Morgan fingerprint density at radius 2 is 1.66 bits per heavy atom. The van der Waals surface area contributed by atoms with Crippen molar-refractivity contribution in [3.63, 3.8) is 0 Å². The van der Waals surface area contributed by atoms with Gasteiger partial charge in [-0.25, -0.2) is 12.8 Å². The van der Waals surface area contributed by atoms with Gasteiger partial charge in [0, 0.05) is 43.9 Å². The van der Waals surface area contributed by atoms with Crippen molar-refractivity contribution >= 4 is 27.4 Å². The van der Waals surface area contributed by atoms with Crippen molar-refractivity contribution in [1.82, 2.24) is 9.62 Å². The van der Waals surface area contributed by atoms with Crippen LogP contribution in [0, 0.1) is 23.6 Å². The number of rotatable bonds is 7. The number of morpholine rings is 1. The second kappa shape index (κ2) is 9.33. The fourth-order valence-electron chi connectivity index (χ4n) is 5.14. The number of nitrogens with zero attached hydrogens (tertiary/aromatic N) is 2. The number of carbonyl (C=O) groups is 2. The van der Waals surface area contributed by atoms with E-state index in [1.54, 1.807) is 12.1 Å². The van der Waals surface area contributed by atoms with Crippen LogP contribution in [0.1, 0.15) is 27.6 Å². The molecule has 3 fully saturated rings. The van der Waals surface area contributed by atoms with E-state index in [1.165, 1.54) is 41.6 Å². The maximum Gasteiger partial charge on any atom is 0.251 e. The lowest BCUT2D eigenvalue weighted by atomic mass is 10.1. The molecule has 8 nitrogen and oxygen atoms in total. The molecule has 2 aliphatic heterocycles. The van der Waals surface area contributed by atoms with Crippen LogP contribution in [0.4, 0.5) is 10.1 Å². The van der Waals surface area contributed by atoms with E-state index in [4.69, 9.17) is 4.74 Å². The van der Waals surface area contributed by atoms with Crippen LogP contribution in [0.3, 0.4) is 0 Å². The molecule has 1 saturated carbocycles. The number of hydrogen-bond acceptors (Lipinski definition) is 6. The molecule has 2 atom stereocenters. The highest BCUT2D eigenvalue weighted by atomic mass is 32.2. The number of benzene rings is 2. The van der Waals surface area contributed by atoms with Gasteiger partial charge in [-0.15, -0.1) is 0 Å². The smallest absolute Gasteiger partial charge is 0.251 e. The van der Waals surface area contributed by atoms with Crippen molar-refractivity contribution in [2.75, 3.05) is 50.8 Å². The van der Waals surface area contributed by atoms with Crippen LogP contribution >= 0.6 is 0 Å². The van der Waals surface area contributed by atoms with Crippen LogP contribution in [0.15, 0.2) is 47.4 Å². The molecule has 10 heteroatoms. The second-order valence-electron chi connectivity index (χ2n) is 9.37. The number of sulfonamides is 1. The summed E-state index contributed by atoms with van der Waals surface area (Å²) < 4.78 is 47.3. The number of ether oxygens (including phenoxy) is 1. The number of halogens is 1. The van der Waals surface area contributed by atoms with Gasteiger partial charge in [0.1, 0.15) is 5.82 Å². The first-order chi connectivity index (χ1) is 16.8. The van der Waals surface area contributed by atoms with Crippen LogP contribution in [0.25, 0.3) is 0 Å². The number of piperidine rings is 1. The van der Waals surface area contributed by atoms with Gasteiger partial charge in [0.05, 0.1) is 23.8 Å². The zero-order valence-electron chi connectivity index (χ0n) is 19.4. The number of hydrogen-bond donors (Lipinski definition) is 1. The number of ketones is 1. The zero-order chi connectivity index (χ0) is 24.7. The van der Waals surface area contributed by atoms with Gasteiger partial charge < -0.3 is 15.0 Å². The Morgan fingerprint density at radius 1 is 1.03 bits per heavy atom. The van der Waals surface area contributed by atoms with E-state index in [1.807, 2.05) is 4.90 Å². The van der Waals surface area contributed by atoms with E-state index < -0.39 is 15.8 Å². The number of amides is 1. The Morgan fingerprint density at radius 3 is 2.26 bits per heavy atom. The summed E-state index contributed by atoms with van der Waals surface area (Å²) >= 11 is 0. The van der Waals surface area contributed by atoms with E-state index >= 15 is 0 Å². The first-order valence-electron chi connectivity index (χ1n) is 11.8. The molecule has 2 aromatic carbocycles. The number of carbonyl (C=O) groups excluding carboxylic acids is 2. The molecule has 0 spiro atoms. The van der Waals surface area contributed by atoms with Crippen LogP contribution in [0.5, 0.6) is 0 Å². The van der Waals surface area contributed by atoms with Crippen molar-refractivity contribution in [2.24, 2.45) is 17.8 Å². The topological polar surface area (TPSA) is 96.0 Å². The summed E-state index contributed by atoms with van der Waals surface area (Å²) in [6, 6.07) is 10.5. The molecule has 0 aromatic heterocycles. The number of anilines is 1. The molecule has 3 aliphatic rings. The molecule has 186 valence electrons. The summed E-state index contributed by atoms with van der Waals surface area (Å²) in [5.41, 5.74) is 1.21. The molecule has 2 heterocycles. The average molecular weight is 502 g/mol. The molecule has 0 radical (unpaired) electrons. The molecule has 2 saturated heterocycles. The lowest BCUT2D eigenvalue weighted by Crippen LogP contribution is -2.37. The molecule has 5 rings (SSSR count). The molecular formula is C25H28FN3O5S. The Kier molecular flexibility index (Phi) is 6.37. The predicted octanol–water partition coefficient (Wildman–Crippen LogP) is 2.16. The fourth-order valence-corrected chi connectivity index (χ4v) is 6.66. The van der Waals surface area contributed by atoms with Gasteiger partial charge in [-0.2, -0.15) is 4.31 Å². The van der Waals surface area contributed by atoms with E-state index in [0.29, 0.717) is 57.2 Å². The normalized spacial score (nSPS) is 24.2. The second-order valence-corrected chi connectivity index (χ2v) is 11.3. The monoisotopic (exact) mass is 501 g/mol. The minimum atomic E-state index is -3.62. The minimum Gasteiger partial charge on any atom is -0.378 e. The first-order valence-corrected chi connectivity index (χ1v) is 13.2. The highest BCUT2D eigenvalue weighted by Crippen LogP contribution is 2.52. The molecule has 35 heavy (non-hydrogen) atoms. The van der Waals surface area contributed by atoms with Gasteiger partial charge in [-0.1, -0.05) is 12.1 Å². The predicted molar refractivity (Wildman–Crippen MR) is 127 cm³/mol. The Hall–Kier alpha value is -2.82. The van der Waals surface area contributed by atoms with Gasteiger partial charge in [-0.3, -0.25) is 9.59 Å². The zero-order valence-corrected chi connectivity index (χ0v) is 20.3. The number of nitrogens with one attached hydrogen (secondary N) is 1. The summed E-state index contributed by atoms with van der Waals surface area (Å²) in [4.78, 5) is 26.1. The molecule has 2 unspecified atom stereocenters. The van der Waals surface area contributed by atoms with E-state index in [-0.39, 0.29) is 39.9 Å². The van der Waals surface area contributed by atoms with Crippen molar-refractivity contribution in [3.8, 4) is 0 Å². The Balaban J connectivity index is 1.13. The third-order valence-electron chi connectivity index (χ3n) is 7.30. The maximum absolute atomic E-state index is 14.6. The standard InChI is InChI=1S/C25H28FN3O5S/c1-16(30)17-2-5-19(6-3-17)35(32,33)29-14-21-20(22(21)15-29)13-27-25(31)18-4-7-24(23(26)12-18)28-8-10-34-11-9-28/h2-7,12,20-22H,8-11,13-15H2,1H3,(H,27,31). The first kappa shape index (κ1) is 23.9. The van der Waals surface area contributed by atoms with Crippen molar-refractivity contribution < 1.29 is 27.1 Å². The molecule has 1 amide bonds. The van der Waals surface area contributed by atoms with Crippen molar-refractivity contribution in [1.29, 1.82) is 0 Å². The molecular weight excluding hydrogens is 473 g/mol. The number of Topliss-reactive ketones (excluding diaryl/α,β-unsaturated/α-hetero) is 1. The summed E-state index contributed by atoms with van der Waals surface area (Å²) in [6.07, 6.45) is 0. The Bertz CT molecular complexity index is 1230. The summed E-state index contributed by atoms with van der Waals surface area (Å²) in [6.45, 7) is 5.02. The number of fused-ring (bicyclic) bond motifs is 1. The van der Waals surface area contributed by atoms with E-state index in [0.717, 1.165) is 0 Å². The average Bonchev–Trinajstić information content (AvgIpc) is 3.30. The van der Waals surface area contributed by atoms with Crippen LogP contribution in [-0.4, -0.2) is 70.4 Å².